The maximum atomic E-state index is 12.8. The van der Waals surface area contributed by atoms with Crippen molar-refractivity contribution in [2.75, 3.05) is 0 Å². The molecule has 116 valence electrons. The number of thiol groups is 1. The molecule has 0 aliphatic carbocycles. The molecule has 0 aliphatic rings. The maximum absolute atomic E-state index is 12.8. The number of halogens is 1. The van der Waals surface area contributed by atoms with E-state index in [1.165, 1.54) is 28.8 Å². The summed E-state index contributed by atoms with van der Waals surface area (Å²) in [6.07, 6.45) is 0. The van der Waals surface area contributed by atoms with Crippen LogP contribution in [0.4, 0.5) is 15.9 Å². The van der Waals surface area contributed by atoms with Crippen LogP contribution in [0.25, 0.3) is 0 Å². The number of imidazole rings is 1. The predicted molar refractivity (Wildman–Crippen MR) is 88.4 cm³/mol. The van der Waals surface area contributed by atoms with Crippen molar-refractivity contribution in [1.29, 1.82) is 0 Å². The van der Waals surface area contributed by atoms with Crippen molar-refractivity contribution in [3.05, 3.63) is 76.5 Å². The molecule has 0 spiro atoms. The fourth-order valence-corrected chi connectivity index (χ4v) is 2.31. The SMILES string of the molecule is O=c1[nH]c(N=Nc2ccc(F)cc2)c(S)n1Cc1ccccc1. The molecule has 0 radical (unpaired) electrons. The van der Waals surface area contributed by atoms with Crippen LogP contribution in [0.1, 0.15) is 5.56 Å². The highest BCUT2D eigenvalue weighted by atomic mass is 32.1. The quantitative estimate of drug-likeness (QED) is 0.550. The Morgan fingerprint density at radius 1 is 1.04 bits per heavy atom. The third-order valence-electron chi connectivity index (χ3n) is 3.21. The highest BCUT2D eigenvalue weighted by Gasteiger charge is 2.11. The minimum absolute atomic E-state index is 0.263. The van der Waals surface area contributed by atoms with Crippen molar-refractivity contribution < 1.29 is 4.39 Å². The van der Waals surface area contributed by atoms with E-state index in [9.17, 15) is 9.18 Å². The molecule has 0 bridgehead atoms. The number of nitrogens with zero attached hydrogens (tertiary/aromatic N) is 3. The van der Waals surface area contributed by atoms with Gasteiger partial charge in [-0.1, -0.05) is 30.3 Å². The number of aromatic nitrogens is 2. The van der Waals surface area contributed by atoms with Crippen LogP contribution < -0.4 is 5.69 Å². The van der Waals surface area contributed by atoms with Gasteiger partial charge in [-0.3, -0.25) is 9.55 Å². The lowest BCUT2D eigenvalue weighted by molar-refractivity contribution is 0.628. The fourth-order valence-electron chi connectivity index (χ4n) is 2.05. The molecule has 3 rings (SSSR count). The molecule has 5 nitrogen and oxygen atoms in total. The lowest BCUT2D eigenvalue weighted by Gasteiger charge is -2.03. The van der Waals surface area contributed by atoms with Gasteiger partial charge in [0.25, 0.3) is 0 Å². The topological polar surface area (TPSA) is 62.5 Å². The van der Waals surface area contributed by atoms with Crippen molar-refractivity contribution >= 4 is 24.1 Å². The van der Waals surface area contributed by atoms with Gasteiger partial charge in [0.2, 0.25) is 0 Å². The van der Waals surface area contributed by atoms with Crippen LogP contribution in [0.2, 0.25) is 0 Å². The van der Waals surface area contributed by atoms with Gasteiger partial charge in [-0.05, 0) is 29.8 Å². The van der Waals surface area contributed by atoms with E-state index in [1.54, 1.807) is 0 Å². The van der Waals surface area contributed by atoms with Crippen molar-refractivity contribution in [2.24, 2.45) is 10.2 Å². The molecule has 1 N–H and O–H groups in total. The van der Waals surface area contributed by atoms with E-state index in [0.717, 1.165) is 5.56 Å². The third kappa shape index (κ3) is 3.57. The molecule has 0 saturated heterocycles. The molecule has 1 heterocycles. The molecule has 7 heteroatoms. The van der Waals surface area contributed by atoms with Crippen molar-refractivity contribution in [3.63, 3.8) is 0 Å². The Kier molecular flexibility index (Phi) is 4.38. The van der Waals surface area contributed by atoms with Gasteiger partial charge in [-0.25, -0.2) is 9.18 Å². The third-order valence-corrected chi connectivity index (χ3v) is 3.67. The number of hydrogen-bond acceptors (Lipinski definition) is 4. The summed E-state index contributed by atoms with van der Waals surface area (Å²) in [5.74, 6) is -0.0835. The number of nitrogens with one attached hydrogen (secondary N) is 1. The van der Waals surface area contributed by atoms with Gasteiger partial charge >= 0.3 is 5.69 Å². The molecule has 2 aromatic carbocycles. The summed E-state index contributed by atoms with van der Waals surface area (Å²) >= 11 is 4.34. The van der Waals surface area contributed by atoms with Crippen molar-refractivity contribution in [2.45, 2.75) is 11.6 Å². The summed E-state index contributed by atoms with van der Waals surface area (Å²) in [7, 11) is 0. The average Bonchev–Trinajstić information content (AvgIpc) is 2.83. The first kappa shape index (κ1) is 15.2. The molecule has 1 aromatic heterocycles. The van der Waals surface area contributed by atoms with E-state index >= 15 is 0 Å². The number of H-pyrrole nitrogens is 1. The molecular weight excluding hydrogens is 315 g/mol. The van der Waals surface area contributed by atoms with Gasteiger partial charge in [-0.2, -0.15) is 0 Å². The Labute approximate surface area is 136 Å². The zero-order valence-corrected chi connectivity index (χ0v) is 12.9. The Bertz CT molecular complexity index is 885. The standard InChI is InChI=1S/C16H13FN4OS/c17-12-6-8-13(9-7-12)19-20-14-15(23)21(16(22)18-14)10-11-4-2-1-3-5-11/h1-9,23H,10H2,(H,18,22). The maximum Gasteiger partial charge on any atom is 0.328 e. The van der Waals surface area contributed by atoms with E-state index in [2.05, 4.69) is 27.8 Å². The van der Waals surface area contributed by atoms with Gasteiger partial charge in [0, 0.05) is 0 Å². The van der Waals surface area contributed by atoms with Gasteiger partial charge in [0.1, 0.15) is 10.8 Å². The molecule has 0 fully saturated rings. The minimum Gasteiger partial charge on any atom is -0.288 e. The fraction of sp³-hybridized carbons (Fsp3) is 0.0625. The summed E-state index contributed by atoms with van der Waals surface area (Å²) in [5, 5.41) is 8.34. The molecule has 3 aromatic rings. The lowest BCUT2D eigenvalue weighted by Crippen LogP contribution is -2.17. The number of hydrogen-bond donors (Lipinski definition) is 2. The zero-order chi connectivity index (χ0) is 16.2. The molecule has 0 aliphatic heterocycles. The first-order valence-electron chi connectivity index (χ1n) is 6.86. The molecule has 0 unspecified atom stereocenters. The lowest BCUT2D eigenvalue weighted by atomic mass is 10.2. The Hall–Kier alpha value is -2.67. The molecule has 0 saturated carbocycles. The van der Waals surface area contributed by atoms with Gasteiger partial charge in [0.05, 0.1) is 12.2 Å². The summed E-state index contributed by atoms with van der Waals surface area (Å²) in [4.78, 5) is 14.6. The predicted octanol–water partition coefficient (Wildman–Crippen LogP) is 4.07. The van der Waals surface area contributed by atoms with Crippen LogP contribution >= 0.6 is 12.6 Å². The van der Waals surface area contributed by atoms with E-state index in [1.807, 2.05) is 30.3 Å². The summed E-state index contributed by atoms with van der Waals surface area (Å²) in [6, 6.07) is 15.1. The van der Waals surface area contributed by atoms with Crippen LogP contribution in [-0.4, -0.2) is 9.55 Å². The summed E-state index contributed by atoms with van der Waals surface area (Å²) in [6.45, 7) is 0.390. The number of benzene rings is 2. The molecular formula is C16H13FN4OS. The van der Waals surface area contributed by atoms with Gasteiger partial charge in [-0.15, -0.1) is 22.9 Å². The number of aromatic amines is 1. The van der Waals surface area contributed by atoms with Crippen molar-refractivity contribution in [3.8, 4) is 0 Å². The molecule has 0 atom stereocenters. The number of rotatable bonds is 4. The van der Waals surface area contributed by atoms with E-state index < -0.39 is 0 Å². The average molecular weight is 328 g/mol. The monoisotopic (exact) mass is 328 g/mol. The van der Waals surface area contributed by atoms with E-state index in [0.29, 0.717) is 17.3 Å². The highest BCUT2D eigenvalue weighted by Crippen LogP contribution is 2.22. The largest absolute Gasteiger partial charge is 0.328 e. The highest BCUT2D eigenvalue weighted by molar-refractivity contribution is 7.80. The normalized spacial score (nSPS) is 11.2. The van der Waals surface area contributed by atoms with Crippen LogP contribution in [0.15, 0.2) is 74.6 Å². The van der Waals surface area contributed by atoms with Crippen LogP contribution in [0.5, 0.6) is 0 Å². The smallest absolute Gasteiger partial charge is 0.288 e. The van der Waals surface area contributed by atoms with Crippen LogP contribution in [0.3, 0.4) is 0 Å². The second kappa shape index (κ2) is 6.62. The van der Waals surface area contributed by atoms with Crippen LogP contribution in [0, 0.1) is 5.82 Å². The van der Waals surface area contributed by atoms with Crippen LogP contribution in [-0.2, 0) is 6.54 Å². The Balaban J connectivity index is 1.86. The molecule has 23 heavy (non-hydrogen) atoms. The Morgan fingerprint density at radius 3 is 2.43 bits per heavy atom. The van der Waals surface area contributed by atoms with Gasteiger partial charge in [0.15, 0.2) is 5.82 Å². The van der Waals surface area contributed by atoms with Gasteiger partial charge < -0.3 is 0 Å². The second-order valence-corrected chi connectivity index (χ2v) is 5.27. The minimum atomic E-state index is -0.346. The van der Waals surface area contributed by atoms with E-state index in [4.69, 9.17) is 0 Å². The molecule has 0 amide bonds. The zero-order valence-electron chi connectivity index (χ0n) is 12.0. The first-order valence-corrected chi connectivity index (χ1v) is 7.31. The first-order chi connectivity index (χ1) is 11.1. The summed E-state index contributed by atoms with van der Waals surface area (Å²) < 4.78 is 14.3. The van der Waals surface area contributed by atoms with E-state index in [-0.39, 0.29) is 17.3 Å². The summed E-state index contributed by atoms with van der Waals surface area (Å²) in [5.41, 5.74) is 1.15. The number of azo groups is 1. The van der Waals surface area contributed by atoms with Crippen molar-refractivity contribution in [1.82, 2.24) is 9.55 Å². The second-order valence-electron chi connectivity index (χ2n) is 4.85. The Morgan fingerprint density at radius 2 is 1.74 bits per heavy atom.